The van der Waals surface area contributed by atoms with Crippen molar-refractivity contribution in [3.8, 4) is 0 Å². The van der Waals surface area contributed by atoms with Crippen molar-refractivity contribution >= 4 is 5.82 Å². The number of aliphatic hydroxyl groups excluding tert-OH is 1. The van der Waals surface area contributed by atoms with Crippen LogP contribution in [0.1, 0.15) is 37.9 Å². The fourth-order valence-electron chi connectivity index (χ4n) is 3.28. The Labute approximate surface area is 115 Å². The van der Waals surface area contributed by atoms with Crippen LogP contribution in [0.4, 0.5) is 5.82 Å². The molecule has 3 rings (SSSR count). The van der Waals surface area contributed by atoms with E-state index < -0.39 is 6.10 Å². The van der Waals surface area contributed by atoms with Gasteiger partial charge in [0, 0.05) is 31.9 Å². The van der Waals surface area contributed by atoms with Crippen molar-refractivity contribution in [3.63, 3.8) is 0 Å². The van der Waals surface area contributed by atoms with Gasteiger partial charge in [-0.3, -0.25) is 4.90 Å². The van der Waals surface area contributed by atoms with Crippen molar-refractivity contribution in [3.05, 3.63) is 23.9 Å². The minimum Gasteiger partial charge on any atom is -0.389 e. The normalized spacial score (nSPS) is 26.0. The van der Waals surface area contributed by atoms with Gasteiger partial charge in [0.1, 0.15) is 5.82 Å². The first-order valence-electron chi connectivity index (χ1n) is 7.37. The largest absolute Gasteiger partial charge is 0.389 e. The highest BCUT2D eigenvalue weighted by Gasteiger charge is 2.29. The Morgan fingerprint density at radius 2 is 2.16 bits per heavy atom. The summed E-state index contributed by atoms with van der Waals surface area (Å²) in [7, 11) is 0. The lowest BCUT2D eigenvalue weighted by atomic mass is 10.1. The van der Waals surface area contributed by atoms with Gasteiger partial charge in [0.2, 0.25) is 0 Å². The molecule has 1 aromatic rings. The molecule has 2 fully saturated rings. The van der Waals surface area contributed by atoms with E-state index in [1.165, 1.54) is 32.4 Å². The molecule has 2 atom stereocenters. The third-order valence-corrected chi connectivity index (χ3v) is 4.38. The SMILES string of the molecule is C[C@@H](O)c1ccnc(N2CCCN3CCCC3C2)c1. The zero-order valence-electron chi connectivity index (χ0n) is 11.6. The van der Waals surface area contributed by atoms with Crippen LogP contribution >= 0.6 is 0 Å². The standard InChI is InChI=1S/C15H23N3O/c1-12(19)13-5-6-16-15(10-13)18-9-3-8-17-7-2-4-14(17)11-18/h5-6,10,12,14,19H,2-4,7-9,11H2,1H3/t12-,14?/m1/s1. The Morgan fingerprint density at radius 1 is 1.32 bits per heavy atom. The van der Waals surface area contributed by atoms with E-state index in [1.54, 1.807) is 6.92 Å². The van der Waals surface area contributed by atoms with Gasteiger partial charge in [-0.15, -0.1) is 0 Å². The Bertz CT molecular complexity index is 435. The summed E-state index contributed by atoms with van der Waals surface area (Å²) >= 11 is 0. The zero-order chi connectivity index (χ0) is 13.2. The molecule has 2 aliphatic rings. The first-order chi connectivity index (χ1) is 9.24. The molecule has 4 nitrogen and oxygen atoms in total. The molecule has 3 heterocycles. The lowest BCUT2D eigenvalue weighted by molar-refractivity contribution is 0.199. The molecular weight excluding hydrogens is 238 g/mol. The van der Waals surface area contributed by atoms with Crippen molar-refractivity contribution < 1.29 is 5.11 Å². The maximum Gasteiger partial charge on any atom is 0.128 e. The average molecular weight is 261 g/mol. The molecule has 19 heavy (non-hydrogen) atoms. The number of pyridine rings is 1. The molecule has 1 N–H and O–H groups in total. The Hall–Kier alpha value is -1.13. The molecule has 0 spiro atoms. The third kappa shape index (κ3) is 2.74. The van der Waals surface area contributed by atoms with Crippen molar-refractivity contribution in [2.45, 2.75) is 38.3 Å². The van der Waals surface area contributed by atoms with Crippen molar-refractivity contribution in [1.29, 1.82) is 0 Å². The molecule has 1 unspecified atom stereocenters. The predicted octanol–water partition coefficient (Wildman–Crippen LogP) is 1.81. The number of hydrogen-bond acceptors (Lipinski definition) is 4. The molecule has 4 heteroatoms. The molecule has 2 aliphatic heterocycles. The highest BCUT2D eigenvalue weighted by atomic mass is 16.3. The van der Waals surface area contributed by atoms with E-state index in [4.69, 9.17) is 0 Å². The molecule has 0 amide bonds. The molecule has 2 saturated heterocycles. The summed E-state index contributed by atoms with van der Waals surface area (Å²) < 4.78 is 0. The number of hydrogen-bond donors (Lipinski definition) is 1. The van der Waals surface area contributed by atoms with Crippen LogP contribution < -0.4 is 4.90 Å². The van der Waals surface area contributed by atoms with Crippen LogP contribution in [0.3, 0.4) is 0 Å². The highest BCUT2D eigenvalue weighted by molar-refractivity contribution is 5.42. The lowest BCUT2D eigenvalue weighted by Crippen LogP contribution is -2.37. The maximum absolute atomic E-state index is 9.70. The van der Waals surface area contributed by atoms with E-state index in [0.29, 0.717) is 6.04 Å². The van der Waals surface area contributed by atoms with E-state index in [0.717, 1.165) is 24.5 Å². The van der Waals surface area contributed by atoms with E-state index in [-0.39, 0.29) is 0 Å². The van der Waals surface area contributed by atoms with Crippen LogP contribution in [0.5, 0.6) is 0 Å². The zero-order valence-corrected chi connectivity index (χ0v) is 11.6. The number of nitrogens with zero attached hydrogens (tertiary/aromatic N) is 3. The van der Waals surface area contributed by atoms with Gasteiger partial charge in [-0.05, 0) is 50.4 Å². The van der Waals surface area contributed by atoms with Crippen molar-refractivity contribution in [1.82, 2.24) is 9.88 Å². The molecule has 0 radical (unpaired) electrons. The third-order valence-electron chi connectivity index (χ3n) is 4.38. The van der Waals surface area contributed by atoms with Crippen LogP contribution in [-0.4, -0.2) is 47.2 Å². The predicted molar refractivity (Wildman–Crippen MR) is 76.3 cm³/mol. The minimum absolute atomic E-state index is 0.420. The summed E-state index contributed by atoms with van der Waals surface area (Å²) in [5.41, 5.74) is 0.956. The number of anilines is 1. The van der Waals surface area contributed by atoms with E-state index in [1.807, 2.05) is 18.3 Å². The summed E-state index contributed by atoms with van der Waals surface area (Å²) in [6.45, 7) is 6.44. The Kier molecular flexibility index (Phi) is 3.71. The second kappa shape index (κ2) is 5.47. The van der Waals surface area contributed by atoms with Crippen LogP contribution in [0.15, 0.2) is 18.3 Å². The highest BCUT2D eigenvalue weighted by Crippen LogP contribution is 2.25. The van der Waals surface area contributed by atoms with Gasteiger partial charge in [0.15, 0.2) is 0 Å². The monoisotopic (exact) mass is 261 g/mol. The fraction of sp³-hybridized carbons (Fsp3) is 0.667. The molecule has 104 valence electrons. The average Bonchev–Trinajstić information content (AvgIpc) is 2.76. The van der Waals surface area contributed by atoms with Crippen LogP contribution in [0, 0.1) is 0 Å². The quantitative estimate of drug-likeness (QED) is 0.881. The maximum atomic E-state index is 9.70. The van der Waals surface area contributed by atoms with Gasteiger partial charge >= 0.3 is 0 Å². The Morgan fingerprint density at radius 3 is 3.00 bits per heavy atom. The van der Waals surface area contributed by atoms with Gasteiger partial charge in [0.05, 0.1) is 6.10 Å². The smallest absolute Gasteiger partial charge is 0.128 e. The topological polar surface area (TPSA) is 39.6 Å². The van der Waals surface area contributed by atoms with Crippen molar-refractivity contribution in [2.75, 3.05) is 31.1 Å². The second-order valence-corrected chi connectivity index (χ2v) is 5.75. The van der Waals surface area contributed by atoms with Gasteiger partial charge in [-0.1, -0.05) is 0 Å². The van der Waals surface area contributed by atoms with Crippen LogP contribution in [0.25, 0.3) is 0 Å². The van der Waals surface area contributed by atoms with E-state index in [2.05, 4.69) is 14.8 Å². The van der Waals surface area contributed by atoms with Crippen LogP contribution in [-0.2, 0) is 0 Å². The number of aliphatic hydroxyl groups is 1. The Balaban J connectivity index is 1.79. The molecule has 1 aromatic heterocycles. The first kappa shape index (κ1) is 12.9. The van der Waals surface area contributed by atoms with Crippen LogP contribution in [0.2, 0.25) is 0 Å². The summed E-state index contributed by atoms with van der Waals surface area (Å²) in [6.07, 6.45) is 5.24. The lowest BCUT2D eigenvalue weighted by Gasteiger charge is -2.26. The number of fused-ring (bicyclic) bond motifs is 1. The molecule has 0 bridgehead atoms. The minimum atomic E-state index is -0.420. The second-order valence-electron chi connectivity index (χ2n) is 5.75. The van der Waals surface area contributed by atoms with Gasteiger partial charge in [0.25, 0.3) is 0 Å². The number of aromatic nitrogens is 1. The summed E-state index contributed by atoms with van der Waals surface area (Å²) in [6, 6.07) is 4.63. The van der Waals surface area contributed by atoms with E-state index >= 15 is 0 Å². The number of rotatable bonds is 2. The molecule has 0 aromatic carbocycles. The fourth-order valence-corrected chi connectivity index (χ4v) is 3.28. The summed E-state index contributed by atoms with van der Waals surface area (Å²) in [4.78, 5) is 9.51. The molecular formula is C15H23N3O. The summed E-state index contributed by atoms with van der Waals surface area (Å²) in [5, 5.41) is 9.70. The summed E-state index contributed by atoms with van der Waals surface area (Å²) in [5.74, 6) is 1.02. The first-order valence-corrected chi connectivity index (χ1v) is 7.37. The van der Waals surface area contributed by atoms with Crippen molar-refractivity contribution in [2.24, 2.45) is 0 Å². The molecule has 0 aliphatic carbocycles. The van der Waals surface area contributed by atoms with Gasteiger partial charge in [-0.2, -0.15) is 0 Å². The molecule has 0 saturated carbocycles. The van der Waals surface area contributed by atoms with Gasteiger partial charge in [-0.25, -0.2) is 4.98 Å². The van der Waals surface area contributed by atoms with E-state index in [9.17, 15) is 5.11 Å². The van der Waals surface area contributed by atoms with Gasteiger partial charge < -0.3 is 10.0 Å².